The van der Waals surface area contributed by atoms with Gasteiger partial charge in [-0.2, -0.15) is 0 Å². The molecule has 2 heterocycles. The summed E-state index contributed by atoms with van der Waals surface area (Å²) in [6.45, 7) is 1.64. The fraction of sp³-hybridized carbons (Fsp3) is 0.333. The van der Waals surface area contributed by atoms with Crippen LogP contribution >= 0.6 is 11.3 Å². The molecule has 7 heteroatoms. The van der Waals surface area contributed by atoms with Gasteiger partial charge < -0.3 is 19.7 Å². The summed E-state index contributed by atoms with van der Waals surface area (Å²) in [5, 5.41) is 4.02. The number of carbonyl (C=O) groups is 1. The zero-order valence-electron chi connectivity index (χ0n) is 16.0. The van der Waals surface area contributed by atoms with Gasteiger partial charge in [0, 0.05) is 19.0 Å². The lowest BCUT2D eigenvalue weighted by Gasteiger charge is -2.31. The number of benzene rings is 2. The molecule has 6 nitrogen and oxygen atoms in total. The average molecular weight is 398 g/mol. The number of hydrogen-bond donors (Lipinski definition) is 1. The Bertz CT molecular complexity index is 980. The molecule has 1 fully saturated rings. The number of methoxy groups -OCH3 is 2. The molecule has 0 unspecified atom stereocenters. The van der Waals surface area contributed by atoms with E-state index in [-0.39, 0.29) is 11.8 Å². The predicted octanol–water partition coefficient (Wildman–Crippen LogP) is 4.17. The number of aromatic nitrogens is 1. The fourth-order valence-electron chi connectivity index (χ4n) is 3.47. The lowest BCUT2D eigenvalue weighted by atomic mass is 9.96. The summed E-state index contributed by atoms with van der Waals surface area (Å²) in [5.74, 6) is 1.57. The van der Waals surface area contributed by atoms with E-state index in [0.29, 0.717) is 5.75 Å². The predicted molar refractivity (Wildman–Crippen MR) is 113 cm³/mol. The third-order valence-electron chi connectivity index (χ3n) is 5.09. The van der Waals surface area contributed by atoms with E-state index >= 15 is 0 Å². The van der Waals surface area contributed by atoms with Crippen LogP contribution in [0.25, 0.3) is 10.2 Å². The van der Waals surface area contributed by atoms with Crippen LogP contribution in [0, 0.1) is 5.92 Å². The number of para-hydroxylation sites is 2. The summed E-state index contributed by atoms with van der Waals surface area (Å²) in [6, 6.07) is 13.4. The number of ether oxygens (including phenoxy) is 2. The molecule has 146 valence electrons. The van der Waals surface area contributed by atoms with Crippen molar-refractivity contribution in [2.24, 2.45) is 5.92 Å². The maximum atomic E-state index is 12.7. The highest BCUT2D eigenvalue weighted by molar-refractivity contribution is 7.22. The van der Waals surface area contributed by atoms with Gasteiger partial charge in [-0.1, -0.05) is 23.5 Å². The number of rotatable bonds is 5. The van der Waals surface area contributed by atoms with Crippen LogP contribution in [0.4, 0.5) is 10.8 Å². The van der Waals surface area contributed by atoms with Crippen LogP contribution in [0.1, 0.15) is 12.8 Å². The summed E-state index contributed by atoms with van der Waals surface area (Å²) in [6.07, 6.45) is 1.61. The first kappa shape index (κ1) is 18.6. The molecule has 0 bridgehead atoms. The first-order valence-electron chi connectivity index (χ1n) is 9.31. The zero-order chi connectivity index (χ0) is 19.5. The zero-order valence-corrected chi connectivity index (χ0v) is 16.8. The highest BCUT2D eigenvalue weighted by Gasteiger charge is 2.27. The first-order valence-corrected chi connectivity index (χ1v) is 10.1. The molecule has 1 amide bonds. The number of anilines is 2. The molecule has 0 saturated carbocycles. The monoisotopic (exact) mass is 397 g/mol. The number of hydrogen-bond acceptors (Lipinski definition) is 6. The molecule has 1 saturated heterocycles. The van der Waals surface area contributed by atoms with E-state index in [1.807, 2.05) is 42.5 Å². The number of nitrogens with one attached hydrogen (secondary N) is 1. The van der Waals surface area contributed by atoms with E-state index in [2.05, 4.69) is 10.2 Å². The third kappa shape index (κ3) is 3.75. The van der Waals surface area contributed by atoms with E-state index in [1.54, 1.807) is 25.6 Å². The number of thiazole rings is 1. The largest absolute Gasteiger partial charge is 0.497 e. The van der Waals surface area contributed by atoms with Gasteiger partial charge in [0.15, 0.2) is 5.13 Å². The van der Waals surface area contributed by atoms with E-state index in [9.17, 15) is 4.79 Å². The van der Waals surface area contributed by atoms with Crippen molar-refractivity contribution in [3.05, 3.63) is 42.5 Å². The summed E-state index contributed by atoms with van der Waals surface area (Å²) in [4.78, 5) is 19.7. The molecule has 1 aliphatic rings. The smallest absolute Gasteiger partial charge is 0.227 e. The second-order valence-corrected chi connectivity index (χ2v) is 7.79. The molecule has 2 aromatic carbocycles. The van der Waals surface area contributed by atoms with Crippen molar-refractivity contribution in [1.29, 1.82) is 0 Å². The topological polar surface area (TPSA) is 63.7 Å². The third-order valence-corrected chi connectivity index (χ3v) is 6.16. The standard InChI is InChI=1S/C21H23N3O3S/c1-26-15-7-8-17-19(13-15)28-21(23-17)24-11-9-14(10-12-24)20(25)22-16-5-3-4-6-18(16)27-2/h3-8,13-14H,9-12H2,1-2H3,(H,22,25). The van der Waals surface area contributed by atoms with Crippen molar-refractivity contribution in [3.8, 4) is 11.5 Å². The van der Waals surface area contributed by atoms with Gasteiger partial charge in [0.25, 0.3) is 0 Å². The van der Waals surface area contributed by atoms with Gasteiger partial charge in [0.2, 0.25) is 5.91 Å². The summed E-state index contributed by atoms with van der Waals surface area (Å²) in [7, 11) is 3.28. The van der Waals surface area contributed by atoms with Crippen molar-refractivity contribution in [2.45, 2.75) is 12.8 Å². The molecule has 0 aliphatic carbocycles. The van der Waals surface area contributed by atoms with Gasteiger partial charge in [-0.05, 0) is 43.2 Å². The summed E-state index contributed by atoms with van der Waals surface area (Å²) in [5.41, 5.74) is 1.70. The summed E-state index contributed by atoms with van der Waals surface area (Å²) >= 11 is 1.67. The number of carbonyl (C=O) groups excluding carboxylic acids is 1. The maximum Gasteiger partial charge on any atom is 0.227 e. The lowest BCUT2D eigenvalue weighted by Crippen LogP contribution is -2.38. The Morgan fingerprint density at radius 3 is 2.68 bits per heavy atom. The minimum Gasteiger partial charge on any atom is -0.497 e. The van der Waals surface area contributed by atoms with E-state index in [1.165, 1.54) is 0 Å². The Kier molecular flexibility index (Phi) is 5.34. The van der Waals surface area contributed by atoms with Crippen molar-refractivity contribution in [1.82, 2.24) is 4.98 Å². The minimum absolute atomic E-state index is 0.00404. The molecule has 0 spiro atoms. The van der Waals surface area contributed by atoms with Crippen LogP contribution < -0.4 is 19.7 Å². The van der Waals surface area contributed by atoms with Crippen LogP contribution in [0.15, 0.2) is 42.5 Å². The molecular weight excluding hydrogens is 374 g/mol. The quantitative estimate of drug-likeness (QED) is 0.700. The van der Waals surface area contributed by atoms with Crippen LogP contribution in [0.5, 0.6) is 11.5 Å². The molecule has 0 radical (unpaired) electrons. The number of amides is 1. The maximum absolute atomic E-state index is 12.7. The van der Waals surface area contributed by atoms with Gasteiger partial charge in [-0.15, -0.1) is 0 Å². The Balaban J connectivity index is 1.39. The molecule has 1 aromatic heterocycles. The molecule has 4 rings (SSSR count). The summed E-state index contributed by atoms with van der Waals surface area (Å²) < 4.78 is 11.7. The molecule has 3 aromatic rings. The van der Waals surface area contributed by atoms with Gasteiger partial charge in [0.1, 0.15) is 11.5 Å². The Morgan fingerprint density at radius 1 is 1.14 bits per heavy atom. The number of piperidine rings is 1. The number of fused-ring (bicyclic) bond motifs is 1. The molecule has 1 aliphatic heterocycles. The normalized spacial score (nSPS) is 14.9. The second-order valence-electron chi connectivity index (χ2n) is 6.78. The fourth-order valence-corrected chi connectivity index (χ4v) is 4.52. The lowest BCUT2D eigenvalue weighted by molar-refractivity contribution is -0.120. The molecular formula is C21H23N3O3S. The highest BCUT2D eigenvalue weighted by Crippen LogP contribution is 2.34. The van der Waals surface area contributed by atoms with Crippen LogP contribution in [-0.4, -0.2) is 38.2 Å². The molecule has 28 heavy (non-hydrogen) atoms. The molecule has 0 atom stereocenters. The van der Waals surface area contributed by atoms with Gasteiger partial charge >= 0.3 is 0 Å². The highest BCUT2D eigenvalue weighted by atomic mass is 32.1. The van der Waals surface area contributed by atoms with Crippen molar-refractivity contribution >= 4 is 38.3 Å². The van der Waals surface area contributed by atoms with E-state index < -0.39 is 0 Å². The van der Waals surface area contributed by atoms with Crippen LogP contribution in [0.2, 0.25) is 0 Å². The van der Waals surface area contributed by atoms with Crippen LogP contribution in [-0.2, 0) is 4.79 Å². The Morgan fingerprint density at radius 2 is 1.93 bits per heavy atom. The number of nitrogens with zero attached hydrogens (tertiary/aromatic N) is 2. The Labute approximate surface area is 168 Å². The minimum atomic E-state index is -0.00404. The van der Waals surface area contributed by atoms with Crippen molar-refractivity contribution in [2.75, 3.05) is 37.5 Å². The molecule has 1 N–H and O–H groups in total. The Hall–Kier alpha value is -2.80. The van der Waals surface area contributed by atoms with E-state index in [0.717, 1.165) is 52.7 Å². The van der Waals surface area contributed by atoms with E-state index in [4.69, 9.17) is 14.5 Å². The van der Waals surface area contributed by atoms with Gasteiger partial charge in [-0.25, -0.2) is 4.98 Å². The van der Waals surface area contributed by atoms with Gasteiger partial charge in [-0.3, -0.25) is 4.79 Å². The van der Waals surface area contributed by atoms with Crippen molar-refractivity contribution < 1.29 is 14.3 Å². The first-order chi connectivity index (χ1) is 13.7. The SMILES string of the molecule is COc1ccc2nc(N3CCC(C(=O)Nc4ccccc4OC)CC3)sc2c1. The van der Waals surface area contributed by atoms with Crippen molar-refractivity contribution in [3.63, 3.8) is 0 Å². The van der Waals surface area contributed by atoms with Gasteiger partial charge in [0.05, 0.1) is 30.1 Å². The second kappa shape index (κ2) is 8.06. The van der Waals surface area contributed by atoms with Crippen LogP contribution in [0.3, 0.4) is 0 Å². The average Bonchev–Trinajstić information content (AvgIpc) is 3.17.